The number of nitrogens with one attached hydrogen (secondary N) is 1. The van der Waals surface area contributed by atoms with E-state index in [-0.39, 0.29) is 18.4 Å². The molecule has 112 valence electrons. The SMILES string of the molecule is Cc1ccc(C[C@H](CO)CNC(=O)c2ccoc2C)cc1. The number of hydrogen-bond acceptors (Lipinski definition) is 3. The van der Waals surface area contributed by atoms with E-state index in [1.54, 1.807) is 13.0 Å². The molecule has 1 aromatic carbocycles. The van der Waals surface area contributed by atoms with Crippen molar-refractivity contribution in [2.75, 3.05) is 13.2 Å². The highest BCUT2D eigenvalue weighted by Crippen LogP contribution is 2.11. The summed E-state index contributed by atoms with van der Waals surface area (Å²) in [6, 6.07) is 9.87. The Morgan fingerprint density at radius 1 is 1.24 bits per heavy atom. The Labute approximate surface area is 124 Å². The van der Waals surface area contributed by atoms with Gasteiger partial charge in [-0.1, -0.05) is 29.8 Å². The highest BCUT2D eigenvalue weighted by Gasteiger charge is 2.14. The first-order valence-corrected chi connectivity index (χ1v) is 7.09. The highest BCUT2D eigenvalue weighted by atomic mass is 16.3. The van der Waals surface area contributed by atoms with Crippen LogP contribution in [0.5, 0.6) is 0 Å². The fourth-order valence-corrected chi connectivity index (χ4v) is 2.21. The summed E-state index contributed by atoms with van der Waals surface area (Å²) in [5.41, 5.74) is 2.92. The number of furan rings is 1. The van der Waals surface area contributed by atoms with Gasteiger partial charge in [0.05, 0.1) is 11.8 Å². The lowest BCUT2D eigenvalue weighted by Gasteiger charge is -2.15. The number of hydrogen-bond donors (Lipinski definition) is 2. The Kier molecular flexibility index (Phi) is 5.17. The largest absolute Gasteiger partial charge is 0.469 e. The van der Waals surface area contributed by atoms with Crippen LogP contribution in [0.3, 0.4) is 0 Å². The molecule has 2 aromatic rings. The van der Waals surface area contributed by atoms with Crippen LogP contribution in [0.25, 0.3) is 0 Å². The van der Waals surface area contributed by atoms with Gasteiger partial charge >= 0.3 is 0 Å². The Morgan fingerprint density at radius 3 is 2.52 bits per heavy atom. The van der Waals surface area contributed by atoms with Crippen molar-refractivity contribution in [1.82, 2.24) is 5.32 Å². The van der Waals surface area contributed by atoms with Gasteiger partial charge < -0.3 is 14.8 Å². The lowest BCUT2D eigenvalue weighted by Crippen LogP contribution is -2.32. The number of benzene rings is 1. The van der Waals surface area contributed by atoms with Crippen molar-refractivity contribution in [2.45, 2.75) is 20.3 Å². The number of aliphatic hydroxyl groups is 1. The van der Waals surface area contributed by atoms with Crippen molar-refractivity contribution in [3.8, 4) is 0 Å². The summed E-state index contributed by atoms with van der Waals surface area (Å²) in [5.74, 6) is 0.444. The zero-order valence-electron chi connectivity index (χ0n) is 12.4. The highest BCUT2D eigenvalue weighted by molar-refractivity contribution is 5.95. The molecule has 1 aromatic heterocycles. The number of aryl methyl sites for hydroxylation is 2. The Morgan fingerprint density at radius 2 is 1.95 bits per heavy atom. The molecule has 1 amide bonds. The molecule has 0 aliphatic rings. The molecule has 0 saturated carbocycles. The maximum Gasteiger partial charge on any atom is 0.254 e. The van der Waals surface area contributed by atoms with E-state index in [4.69, 9.17) is 4.42 Å². The first-order chi connectivity index (χ1) is 10.1. The molecule has 0 bridgehead atoms. The number of carbonyl (C=O) groups is 1. The second kappa shape index (κ2) is 7.09. The van der Waals surface area contributed by atoms with E-state index in [1.807, 2.05) is 6.92 Å². The van der Waals surface area contributed by atoms with Crippen molar-refractivity contribution in [1.29, 1.82) is 0 Å². The molecule has 2 rings (SSSR count). The maximum absolute atomic E-state index is 12.0. The van der Waals surface area contributed by atoms with Gasteiger partial charge in [0.25, 0.3) is 5.91 Å². The van der Waals surface area contributed by atoms with Crippen LogP contribution >= 0.6 is 0 Å². The number of rotatable bonds is 6. The van der Waals surface area contributed by atoms with E-state index >= 15 is 0 Å². The summed E-state index contributed by atoms with van der Waals surface area (Å²) in [6.45, 7) is 4.28. The third-order valence-electron chi connectivity index (χ3n) is 3.56. The maximum atomic E-state index is 12.0. The van der Waals surface area contributed by atoms with Crippen molar-refractivity contribution >= 4 is 5.91 Å². The third kappa shape index (κ3) is 4.20. The van der Waals surface area contributed by atoms with Gasteiger partial charge in [0.1, 0.15) is 5.76 Å². The van der Waals surface area contributed by atoms with Crippen LogP contribution < -0.4 is 5.32 Å². The van der Waals surface area contributed by atoms with E-state index in [9.17, 15) is 9.90 Å². The summed E-state index contributed by atoms with van der Waals surface area (Å²) in [4.78, 5) is 12.0. The van der Waals surface area contributed by atoms with E-state index in [0.717, 1.165) is 12.0 Å². The lowest BCUT2D eigenvalue weighted by atomic mass is 9.99. The zero-order chi connectivity index (χ0) is 15.2. The molecule has 1 atom stereocenters. The minimum atomic E-state index is -0.163. The van der Waals surface area contributed by atoms with E-state index < -0.39 is 0 Å². The lowest BCUT2D eigenvalue weighted by molar-refractivity contribution is 0.0938. The summed E-state index contributed by atoms with van der Waals surface area (Å²) in [6.07, 6.45) is 2.24. The summed E-state index contributed by atoms with van der Waals surface area (Å²) in [5, 5.41) is 12.3. The van der Waals surface area contributed by atoms with Crippen molar-refractivity contribution in [3.05, 3.63) is 59.0 Å². The van der Waals surface area contributed by atoms with Crippen molar-refractivity contribution in [3.63, 3.8) is 0 Å². The first-order valence-electron chi connectivity index (χ1n) is 7.09. The predicted octanol–water partition coefficient (Wildman–Crippen LogP) is 2.48. The molecule has 1 heterocycles. The Balaban J connectivity index is 1.89. The average Bonchev–Trinajstić information content (AvgIpc) is 2.91. The Hall–Kier alpha value is -2.07. The molecule has 21 heavy (non-hydrogen) atoms. The van der Waals surface area contributed by atoms with Gasteiger partial charge in [-0.3, -0.25) is 4.79 Å². The summed E-state index contributed by atoms with van der Waals surface area (Å²) >= 11 is 0. The van der Waals surface area contributed by atoms with Gasteiger partial charge in [0.15, 0.2) is 0 Å². The van der Waals surface area contributed by atoms with Crippen LogP contribution in [-0.4, -0.2) is 24.2 Å². The standard InChI is InChI=1S/C17H21NO3/c1-12-3-5-14(6-4-12)9-15(11-19)10-18-17(20)16-7-8-21-13(16)2/h3-8,15,19H,9-11H2,1-2H3,(H,18,20)/t15-/m0/s1. The average molecular weight is 287 g/mol. The fraction of sp³-hybridized carbons (Fsp3) is 0.353. The van der Waals surface area contributed by atoms with Gasteiger partial charge in [0, 0.05) is 19.1 Å². The molecule has 4 nitrogen and oxygen atoms in total. The first kappa shape index (κ1) is 15.3. The molecule has 0 radical (unpaired) electrons. The zero-order valence-corrected chi connectivity index (χ0v) is 12.4. The van der Waals surface area contributed by atoms with Crippen LogP contribution in [-0.2, 0) is 6.42 Å². The number of carbonyl (C=O) groups excluding carboxylic acids is 1. The number of amides is 1. The molecular weight excluding hydrogens is 266 g/mol. The van der Waals surface area contributed by atoms with Crippen molar-refractivity contribution < 1.29 is 14.3 Å². The van der Waals surface area contributed by atoms with E-state index in [0.29, 0.717) is 17.9 Å². The van der Waals surface area contributed by atoms with Gasteiger partial charge in [-0.05, 0) is 31.9 Å². The molecule has 0 saturated heterocycles. The van der Waals surface area contributed by atoms with Gasteiger partial charge in [-0.15, -0.1) is 0 Å². The molecule has 0 aliphatic carbocycles. The quantitative estimate of drug-likeness (QED) is 0.858. The molecule has 0 spiro atoms. The van der Waals surface area contributed by atoms with E-state index in [1.165, 1.54) is 11.8 Å². The second-order valence-electron chi connectivity index (χ2n) is 5.34. The molecule has 0 aliphatic heterocycles. The van der Waals surface area contributed by atoms with Crippen LogP contribution in [0.1, 0.15) is 27.2 Å². The van der Waals surface area contributed by atoms with Gasteiger partial charge in [-0.2, -0.15) is 0 Å². The minimum absolute atomic E-state index is 0.00358. The van der Waals surface area contributed by atoms with Crippen LogP contribution in [0.2, 0.25) is 0 Å². The smallest absolute Gasteiger partial charge is 0.254 e. The predicted molar refractivity (Wildman–Crippen MR) is 81.2 cm³/mol. The van der Waals surface area contributed by atoms with Gasteiger partial charge in [-0.25, -0.2) is 0 Å². The molecule has 2 N–H and O–H groups in total. The number of aliphatic hydroxyl groups excluding tert-OH is 1. The topological polar surface area (TPSA) is 62.5 Å². The monoisotopic (exact) mass is 287 g/mol. The second-order valence-corrected chi connectivity index (χ2v) is 5.34. The summed E-state index contributed by atoms with van der Waals surface area (Å²) in [7, 11) is 0. The molecule has 0 unspecified atom stereocenters. The normalized spacial score (nSPS) is 12.1. The van der Waals surface area contributed by atoms with Crippen molar-refractivity contribution in [2.24, 2.45) is 5.92 Å². The molecule has 0 fully saturated rings. The molecule has 4 heteroatoms. The molecular formula is C17H21NO3. The van der Waals surface area contributed by atoms with Crippen LogP contribution in [0, 0.1) is 19.8 Å². The summed E-state index contributed by atoms with van der Waals surface area (Å²) < 4.78 is 5.12. The van der Waals surface area contributed by atoms with Crippen LogP contribution in [0.15, 0.2) is 41.0 Å². The Bertz CT molecular complexity index is 586. The van der Waals surface area contributed by atoms with Gasteiger partial charge in [0.2, 0.25) is 0 Å². The van der Waals surface area contributed by atoms with Crippen LogP contribution in [0.4, 0.5) is 0 Å². The van der Waals surface area contributed by atoms with E-state index in [2.05, 4.69) is 29.6 Å². The minimum Gasteiger partial charge on any atom is -0.469 e. The fourth-order valence-electron chi connectivity index (χ4n) is 2.21. The third-order valence-corrected chi connectivity index (χ3v) is 3.56.